The molecule has 2 aliphatic heterocycles. The summed E-state index contributed by atoms with van der Waals surface area (Å²) in [6.07, 6.45) is 2.56. The Morgan fingerprint density at radius 1 is 1.00 bits per heavy atom. The molecule has 144 valence electrons. The van der Waals surface area contributed by atoms with Crippen LogP contribution >= 0.6 is 11.3 Å². The number of carbonyl (C=O) groups is 1. The molecule has 0 radical (unpaired) electrons. The van der Waals surface area contributed by atoms with Crippen LogP contribution in [0.3, 0.4) is 0 Å². The summed E-state index contributed by atoms with van der Waals surface area (Å²) < 4.78 is 0. The first kappa shape index (κ1) is 18.5. The first-order valence-electron chi connectivity index (χ1n) is 10.1. The van der Waals surface area contributed by atoms with Gasteiger partial charge in [-0.25, -0.2) is 0 Å². The van der Waals surface area contributed by atoms with Crippen molar-refractivity contribution in [1.29, 1.82) is 0 Å². The summed E-state index contributed by atoms with van der Waals surface area (Å²) in [4.78, 5) is 19.3. The summed E-state index contributed by atoms with van der Waals surface area (Å²) in [5, 5.41) is 5.22. The molecular formula is C21H30N4OS+2. The first-order valence-corrected chi connectivity index (χ1v) is 11.0. The second kappa shape index (κ2) is 8.87. The third-order valence-electron chi connectivity index (χ3n) is 5.70. The summed E-state index contributed by atoms with van der Waals surface area (Å²) in [5.41, 5.74) is 2.17. The van der Waals surface area contributed by atoms with Crippen LogP contribution in [0.15, 0.2) is 41.8 Å². The Labute approximate surface area is 165 Å². The van der Waals surface area contributed by atoms with Gasteiger partial charge in [-0.15, -0.1) is 11.3 Å². The molecule has 0 spiro atoms. The topological polar surface area (TPSA) is 41.2 Å². The van der Waals surface area contributed by atoms with Crippen molar-refractivity contribution in [3.05, 3.63) is 46.7 Å². The fraction of sp³-hybridized carbons (Fsp3) is 0.476. The van der Waals surface area contributed by atoms with E-state index in [4.69, 9.17) is 0 Å². The maximum atomic E-state index is 12.4. The van der Waals surface area contributed by atoms with Crippen molar-refractivity contribution < 1.29 is 14.6 Å². The van der Waals surface area contributed by atoms with Crippen molar-refractivity contribution in [3.8, 4) is 0 Å². The van der Waals surface area contributed by atoms with Crippen molar-refractivity contribution in [2.45, 2.75) is 19.4 Å². The standard InChI is InChI=1S/C21H28N4OS/c26-21(22-18-5-7-19(8-6-18)25-9-1-2-10-25)17-24-13-11-23(12-14-24)16-20-4-3-15-27-20/h3-8,15H,1-2,9-14,16-17H2,(H,22,26)/p+2. The number of anilines is 2. The van der Waals surface area contributed by atoms with E-state index in [0.717, 1.165) is 51.5 Å². The van der Waals surface area contributed by atoms with Gasteiger partial charge in [0.05, 0.1) is 4.88 Å². The molecule has 1 aromatic heterocycles. The van der Waals surface area contributed by atoms with Crippen molar-refractivity contribution in [1.82, 2.24) is 0 Å². The Morgan fingerprint density at radius 3 is 2.37 bits per heavy atom. The van der Waals surface area contributed by atoms with Crippen molar-refractivity contribution >= 4 is 28.6 Å². The molecule has 4 rings (SSSR count). The second-order valence-electron chi connectivity index (χ2n) is 7.72. The normalized spacial score (nSPS) is 22.7. The van der Waals surface area contributed by atoms with E-state index in [0.29, 0.717) is 6.54 Å². The van der Waals surface area contributed by atoms with Crippen LogP contribution in [0.4, 0.5) is 11.4 Å². The number of hydrogen-bond donors (Lipinski definition) is 3. The van der Waals surface area contributed by atoms with Crippen molar-refractivity contribution in [3.63, 3.8) is 0 Å². The lowest BCUT2D eigenvalue weighted by Gasteiger charge is -2.29. The van der Waals surface area contributed by atoms with E-state index >= 15 is 0 Å². The van der Waals surface area contributed by atoms with Gasteiger partial charge in [-0.1, -0.05) is 6.07 Å². The Bertz CT molecular complexity index is 717. The van der Waals surface area contributed by atoms with Gasteiger partial charge in [0.2, 0.25) is 0 Å². The molecule has 0 aliphatic carbocycles. The number of nitrogens with one attached hydrogen (secondary N) is 3. The van der Waals surface area contributed by atoms with Gasteiger partial charge in [-0.2, -0.15) is 0 Å². The van der Waals surface area contributed by atoms with E-state index in [-0.39, 0.29) is 5.91 Å². The molecule has 27 heavy (non-hydrogen) atoms. The number of nitrogens with zero attached hydrogens (tertiary/aromatic N) is 1. The van der Waals surface area contributed by atoms with E-state index in [9.17, 15) is 4.79 Å². The molecule has 0 saturated carbocycles. The SMILES string of the molecule is O=C(C[NH+]1CC[NH+](Cc2cccs2)CC1)Nc1ccc(N2CCCC2)cc1. The summed E-state index contributed by atoms with van der Waals surface area (Å²) in [6.45, 7) is 8.42. The van der Waals surface area contributed by atoms with Gasteiger partial charge in [-0.3, -0.25) is 4.79 Å². The van der Waals surface area contributed by atoms with Crippen LogP contribution in [0, 0.1) is 0 Å². The molecule has 2 saturated heterocycles. The van der Waals surface area contributed by atoms with E-state index < -0.39 is 0 Å². The van der Waals surface area contributed by atoms with Gasteiger partial charge in [0.15, 0.2) is 6.54 Å². The summed E-state index contributed by atoms with van der Waals surface area (Å²) >= 11 is 1.84. The van der Waals surface area contributed by atoms with Crippen LogP contribution in [0.25, 0.3) is 0 Å². The fourth-order valence-electron chi connectivity index (χ4n) is 4.13. The molecule has 6 heteroatoms. The van der Waals surface area contributed by atoms with E-state index in [2.05, 4.69) is 39.9 Å². The van der Waals surface area contributed by atoms with E-state index in [1.807, 2.05) is 23.5 Å². The fourth-order valence-corrected chi connectivity index (χ4v) is 4.91. The van der Waals surface area contributed by atoms with Crippen LogP contribution < -0.4 is 20.0 Å². The molecule has 1 aromatic carbocycles. The second-order valence-corrected chi connectivity index (χ2v) is 8.75. The third-order valence-corrected chi connectivity index (χ3v) is 6.58. The lowest BCUT2D eigenvalue weighted by atomic mass is 10.2. The van der Waals surface area contributed by atoms with Crippen LogP contribution in [0.2, 0.25) is 0 Å². The minimum absolute atomic E-state index is 0.126. The highest BCUT2D eigenvalue weighted by molar-refractivity contribution is 7.09. The minimum Gasteiger partial charge on any atom is -0.372 e. The molecule has 1 amide bonds. The van der Waals surface area contributed by atoms with Crippen molar-refractivity contribution in [2.75, 3.05) is 56.0 Å². The molecule has 3 heterocycles. The molecular weight excluding hydrogens is 356 g/mol. The molecule has 2 fully saturated rings. The van der Waals surface area contributed by atoms with Gasteiger partial charge in [0.25, 0.3) is 5.91 Å². The maximum Gasteiger partial charge on any atom is 0.279 e. The smallest absolute Gasteiger partial charge is 0.279 e. The van der Waals surface area contributed by atoms with Gasteiger partial charge >= 0.3 is 0 Å². The monoisotopic (exact) mass is 386 g/mol. The summed E-state index contributed by atoms with van der Waals surface area (Å²) in [6, 6.07) is 12.7. The quantitative estimate of drug-likeness (QED) is 0.667. The number of benzene rings is 1. The maximum absolute atomic E-state index is 12.4. The number of piperazine rings is 1. The highest BCUT2D eigenvalue weighted by Gasteiger charge is 2.25. The number of hydrogen-bond acceptors (Lipinski definition) is 3. The average Bonchev–Trinajstić information content (AvgIpc) is 3.38. The summed E-state index contributed by atoms with van der Waals surface area (Å²) in [5.74, 6) is 0.126. The summed E-state index contributed by atoms with van der Waals surface area (Å²) in [7, 11) is 0. The highest BCUT2D eigenvalue weighted by atomic mass is 32.1. The number of carbonyl (C=O) groups excluding carboxylic acids is 1. The van der Waals surface area contributed by atoms with Crippen LogP contribution in [-0.4, -0.2) is 51.7 Å². The zero-order chi connectivity index (χ0) is 18.5. The molecule has 2 aliphatic rings. The lowest BCUT2D eigenvalue weighted by Crippen LogP contribution is -3.28. The number of amides is 1. The van der Waals surface area contributed by atoms with Crippen molar-refractivity contribution in [2.24, 2.45) is 0 Å². The number of thiophene rings is 1. The predicted octanol–water partition coefficient (Wildman–Crippen LogP) is 0.270. The molecule has 0 unspecified atom stereocenters. The third kappa shape index (κ3) is 5.09. The highest BCUT2D eigenvalue weighted by Crippen LogP contribution is 2.21. The minimum atomic E-state index is 0.126. The van der Waals surface area contributed by atoms with Crippen LogP contribution in [-0.2, 0) is 11.3 Å². The average molecular weight is 387 g/mol. The van der Waals surface area contributed by atoms with Gasteiger partial charge in [-0.05, 0) is 48.6 Å². The molecule has 2 aromatic rings. The predicted molar refractivity (Wildman–Crippen MR) is 111 cm³/mol. The molecule has 3 N–H and O–H groups in total. The van der Waals surface area contributed by atoms with E-state index in [1.54, 1.807) is 4.90 Å². The van der Waals surface area contributed by atoms with Crippen LogP contribution in [0.1, 0.15) is 17.7 Å². The molecule has 0 atom stereocenters. The largest absolute Gasteiger partial charge is 0.372 e. The molecule has 5 nitrogen and oxygen atoms in total. The Kier molecular flexibility index (Phi) is 6.07. The van der Waals surface area contributed by atoms with Gasteiger partial charge in [0.1, 0.15) is 32.7 Å². The zero-order valence-electron chi connectivity index (χ0n) is 15.9. The number of rotatable bonds is 6. The van der Waals surface area contributed by atoms with Gasteiger partial charge in [0, 0.05) is 24.5 Å². The number of quaternary nitrogens is 2. The lowest BCUT2D eigenvalue weighted by molar-refractivity contribution is -1.01. The Hall–Kier alpha value is -1.89. The molecule has 0 bridgehead atoms. The Balaban J connectivity index is 1.20. The van der Waals surface area contributed by atoms with Crippen LogP contribution in [0.5, 0.6) is 0 Å². The first-order chi connectivity index (χ1) is 13.3. The van der Waals surface area contributed by atoms with Gasteiger partial charge < -0.3 is 20.0 Å². The van der Waals surface area contributed by atoms with E-state index in [1.165, 1.54) is 28.3 Å². The zero-order valence-corrected chi connectivity index (χ0v) is 16.7. The Morgan fingerprint density at radius 2 is 1.70 bits per heavy atom.